The van der Waals surface area contributed by atoms with Crippen molar-refractivity contribution in [2.24, 2.45) is 5.92 Å². The van der Waals surface area contributed by atoms with Crippen molar-refractivity contribution in [1.29, 1.82) is 0 Å². The van der Waals surface area contributed by atoms with Crippen LogP contribution in [0.15, 0.2) is 18.2 Å². The number of benzene rings is 1. The highest BCUT2D eigenvalue weighted by Gasteiger charge is 2.22. The summed E-state index contributed by atoms with van der Waals surface area (Å²) >= 11 is 0. The van der Waals surface area contributed by atoms with E-state index in [1.54, 1.807) is 12.1 Å². The molecule has 0 aromatic heterocycles. The van der Waals surface area contributed by atoms with Gasteiger partial charge in [0.15, 0.2) is 11.6 Å². The SMILES string of the molecule is COc1cc(OCC2CC2)ccc1F. The molecule has 0 radical (unpaired) electrons. The maximum Gasteiger partial charge on any atom is 0.165 e. The van der Waals surface area contributed by atoms with Gasteiger partial charge in [-0.05, 0) is 30.9 Å². The number of ether oxygens (including phenoxy) is 2. The van der Waals surface area contributed by atoms with Gasteiger partial charge in [-0.3, -0.25) is 0 Å². The van der Waals surface area contributed by atoms with E-state index in [-0.39, 0.29) is 11.6 Å². The summed E-state index contributed by atoms with van der Waals surface area (Å²) in [5, 5.41) is 0. The van der Waals surface area contributed by atoms with E-state index in [1.807, 2.05) is 0 Å². The first kappa shape index (κ1) is 9.31. The third-order valence-electron chi connectivity index (χ3n) is 2.31. The van der Waals surface area contributed by atoms with Crippen LogP contribution in [0.1, 0.15) is 12.8 Å². The number of hydrogen-bond acceptors (Lipinski definition) is 2. The van der Waals surface area contributed by atoms with Gasteiger partial charge in [-0.15, -0.1) is 0 Å². The molecule has 0 heterocycles. The molecule has 14 heavy (non-hydrogen) atoms. The number of hydrogen-bond donors (Lipinski definition) is 0. The highest BCUT2D eigenvalue weighted by Crippen LogP contribution is 2.30. The Labute approximate surface area is 82.6 Å². The van der Waals surface area contributed by atoms with Gasteiger partial charge in [-0.1, -0.05) is 0 Å². The molecule has 1 fully saturated rings. The van der Waals surface area contributed by atoms with E-state index in [1.165, 1.54) is 26.0 Å². The molecule has 2 nitrogen and oxygen atoms in total. The molecular weight excluding hydrogens is 183 g/mol. The smallest absolute Gasteiger partial charge is 0.165 e. The second-order valence-corrected chi connectivity index (χ2v) is 3.55. The summed E-state index contributed by atoms with van der Waals surface area (Å²) in [5.41, 5.74) is 0. The van der Waals surface area contributed by atoms with Gasteiger partial charge in [0.2, 0.25) is 0 Å². The van der Waals surface area contributed by atoms with Crippen molar-refractivity contribution in [2.45, 2.75) is 12.8 Å². The molecule has 76 valence electrons. The van der Waals surface area contributed by atoms with Crippen LogP contribution in [0.5, 0.6) is 11.5 Å². The lowest BCUT2D eigenvalue weighted by Gasteiger charge is -2.07. The third-order valence-corrected chi connectivity index (χ3v) is 2.31. The van der Waals surface area contributed by atoms with Crippen LogP contribution in [-0.2, 0) is 0 Å². The predicted octanol–water partition coefficient (Wildman–Crippen LogP) is 2.62. The van der Waals surface area contributed by atoms with Crippen molar-refractivity contribution in [1.82, 2.24) is 0 Å². The molecule has 1 aliphatic rings. The second kappa shape index (κ2) is 3.86. The van der Waals surface area contributed by atoms with Crippen molar-refractivity contribution in [3.05, 3.63) is 24.0 Å². The van der Waals surface area contributed by atoms with Gasteiger partial charge in [0, 0.05) is 6.07 Å². The van der Waals surface area contributed by atoms with E-state index in [2.05, 4.69) is 0 Å². The lowest BCUT2D eigenvalue weighted by Crippen LogP contribution is -1.99. The zero-order valence-corrected chi connectivity index (χ0v) is 8.13. The van der Waals surface area contributed by atoms with E-state index in [0.717, 1.165) is 6.61 Å². The molecule has 1 aliphatic carbocycles. The minimum Gasteiger partial charge on any atom is -0.494 e. The fraction of sp³-hybridized carbons (Fsp3) is 0.455. The molecule has 0 bridgehead atoms. The van der Waals surface area contributed by atoms with E-state index < -0.39 is 0 Å². The van der Waals surface area contributed by atoms with Crippen molar-refractivity contribution in [2.75, 3.05) is 13.7 Å². The summed E-state index contributed by atoms with van der Waals surface area (Å²) in [4.78, 5) is 0. The van der Waals surface area contributed by atoms with Crippen LogP contribution in [0, 0.1) is 11.7 Å². The van der Waals surface area contributed by atoms with Gasteiger partial charge >= 0.3 is 0 Å². The molecular formula is C11H13FO2. The van der Waals surface area contributed by atoms with Gasteiger partial charge in [0.1, 0.15) is 5.75 Å². The van der Waals surface area contributed by atoms with Crippen molar-refractivity contribution in [3.63, 3.8) is 0 Å². The fourth-order valence-electron chi connectivity index (χ4n) is 1.23. The monoisotopic (exact) mass is 196 g/mol. The lowest BCUT2D eigenvalue weighted by atomic mass is 10.3. The average molecular weight is 196 g/mol. The molecule has 1 aromatic rings. The van der Waals surface area contributed by atoms with E-state index >= 15 is 0 Å². The average Bonchev–Trinajstić information content (AvgIpc) is 3.00. The summed E-state index contributed by atoms with van der Waals surface area (Å²) in [6.45, 7) is 0.731. The number of methoxy groups -OCH3 is 1. The normalized spacial score (nSPS) is 15.3. The molecule has 0 saturated heterocycles. The Balaban J connectivity index is 2.01. The van der Waals surface area contributed by atoms with Crippen molar-refractivity contribution < 1.29 is 13.9 Å². The summed E-state index contributed by atoms with van der Waals surface area (Å²) in [6, 6.07) is 4.57. The Morgan fingerprint density at radius 3 is 2.86 bits per heavy atom. The van der Waals surface area contributed by atoms with Gasteiger partial charge in [0.05, 0.1) is 13.7 Å². The van der Waals surface area contributed by atoms with Crippen LogP contribution in [0.2, 0.25) is 0 Å². The highest BCUT2D eigenvalue weighted by atomic mass is 19.1. The summed E-state index contributed by atoms with van der Waals surface area (Å²) in [6.07, 6.45) is 2.50. The maximum atomic E-state index is 13.0. The Hall–Kier alpha value is -1.25. The van der Waals surface area contributed by atoms with Crippen LogP contribution in [-0.4, -0.2) is 13.7 Å². The largest absolute Gasteiger partial charge is 0.494 e. The summed E-state index contributed by atoms with van der Waals surface area (Å²) < 4.78 is 23.3. The first-order valence-corrected chi connectivity index (χ1v) is 4.76. The molecule has 1 aromatic carbocycles. The number of rotatable bonds is 4. The zero-order chi connectivity index (χ0) is 9.97. The summed E-state index contributed by atoms with van der Waals surface area (Å²) in [7, 11) is 1.45. The lowest BCUT2D eigenvalue weighted by molar-refractivity contribution is 0.296. The second-order valence-electron chi connectivity index (χ2n) is 3.55. The van der Waals surface area contributed by atoms with Crippen LogP contribution in [0.4, 0.5) is 4.39 Å². The van der Waals surface area contributed by atoms with E-state index in [4.69, 9.17) is 9.47 Å². The molecule has 2 rings (SSSR count). The molecule has 0 aliphatic heterocycles. The zero-order valence-electron chi connectivity index (χ0n) is 8.13. The fourth-order valence-corrected chi connectivity index (χ4v) is 1.23. The molecule has 0 N–H and O–H groups in total. The quantitative estimate of drug-likeness (QED) is 0.737. The Bertz CT molecular complexity index is 321. The standard InChI is InChI=1S/C11H13FO2/c1-13-11-6-9(4-5-10(11)12)14-7-8-2-3-8/h4-6,8H,2-3,7H2,1H3. The first-order valence-electron chi connectivity index (χ1n) is 4.76. The Morgan fingerprint density at radius 2 is 2.21 bits per heavy atom. The minimum absolute atomic E-state index is 0.235. The number of halogens is 1. The van der Waals surface area contributed by atoms with Crippen LogP contribution in [0.3, 0.4) is 0 Å². The van der Waals surface area contributed by atoms with E-state index in [9.17, 15) is 4.39 Å². The molecule has 0 unspecified atom stereocenters. The van der Waals surface area contributed by atoms with Crippen LogP contribution in [0.25, 0.3) is 0 Å². The van der Waals surface area contributed by atoms with Gasteiger partial charge in [-0.2, -0.15) is 0 Å². The molecule has 0 spiro atoms. The van der Waals surface area contributed by atoms with Gasteiger partial charge in [-0.25, -0.2) is 4.39 Å². The minimum atomic E-state index is -0.355. The topological polar surface area (TPSA) is 18.5 Å². The van der Waals surface area contributed by atoms with Crippen molar-refractivity contribution >= 4 is 0 Å². The van der Waals surface area contributed by atoms with E-state index in [0.29, 0.717) is 11.7 Å². The molecule has 3 heteroatoms. The predicted molar refractivity (Wildman–Crippen MR) is 51.2 cm³/mol. The van der Waals surface area contributed by atoms with Crippen LogP contribution < -0.4 is 9.47 Å². The summed E-state index contributed by atoms with van der Waals surface area (Å²) in [5.74, 6) is 1.26. The maximum absolute atomic E-state index is 13.0. The molecule has 0 atom stereocenters. The molecule has 1 saturated carbocycles. The Kier molecular flexibility index (Phi) is 2.57. The first-order chi connectivity index (χ1) is 6.79. The highest BCUT2D eigenvalue weighted by molar-refractivity contribution is 5.34. The van der Waals surface area contributed by atoms with Gasteiger partial charge in [0.25, 0.3) is 0 Å². The van der Waals surface area contributed by atoms with Gasteiger partial charge < -0.3 is 9.47 Å². The third kappa shape index (κ3) is 2.16. The Morgan fingerprint density at radius 1 is 1.43 bits per heavy atom. The molecule has 0 amide bonds. The van der Waals surface area contributed by atoms with Crippen LogP contribution >= 0.6 is 0 Å². The van der Waals surface area contributed by atoms with Crippen molar-refractivity contribution in [3.8, 4) is 11.5 Å².